The molecule has 1 N–H and O–H groups in total. The van der Waals surface area contributed by atoms with Gasteiger partial charge in [-0.25, -0.2) is 4.79 Å². The summed E-state index contributed by atoms with van der Waals surface area (Å²) in [4.78, 5) is 23.5. The molecule has 0 atom stereocenters. The molecule has 0 amide bonds. The Hall–Kier alpha value is -2.42. The molecule has 0 saturated heterocycles. The van der Waals surface area contributed by atoms with Crippen LogP contribution in [0.15, 0.2) is 48.5 Å². The van der Waals surface area contributed by atoms with Gasteiger partial charge in [-0.2, -0.15) is 0 Å². The molecular formula is C19H20O3. The first-order valence-electron chi connectivity index (χ1n) is 7.24. The van der Waals surface area contributed by atoms with E-state index in [4.69, 9.17) is 5.11 Å². The van der Waals surface area contributed by atoms with E-state index >= 15 is 0 Å². The van der Waals surface area contributed by atoms with Crippen LogP contribution in [-0.2, 0) is 11.8 Å². The van der Waals surface area contributed by atoms with E-state index in [1.54, 1.807) is 18.2 Å². The molecule has 0 radical (unpaired) electrons. The van der Waals surface area contributed by atoms with Crippen LogP contribution in [-0.4, -0.2) is 16.9 Å². The van der Waals surface area contributed by atoms with Crippen molar-refractivity contribution in [1.82, 2.24) is 0 Å². The summed E-state index contributed by atoms with van der Waals surface area (Å²) in [5, 5.41) is 9.15. The van der Waals surface area contributed by atoms with Crippen molar-refractivity contribution < 1.29 is 14.7 Å². The first-order valence-corrected chi connectivity index (χ1v) is 7.24. The molecule has 0 aliphatic rings. The topological polar surface area (TPSA) is 54.4 Å². The van der Waals surface area contributed by atoms with Crippen LogP contribution in [0.5, 0.6) is 0 Å². The third kappa shape index (κ3) is 3.61. The van der Waals surface area contributed by atoms with E-state index in [1.807, 2.05) is 24.3 Å². The maximum Gasteiger partial charge on any atom is 0.336 e. The van der Waals surface area contributed by atoms with Crippen LogP contribution in [0.3, 0.4) is 0 Å². The SMILES string of the molecule is CC(C)(C)c1ccc(CC(=O)c2ccccc2C(=O)O)cc1. The summed E-state index contributed by atoms with van der Waals surface area (Å²) >= 11 is 0. The van der Waals surface area contributed by atoms with Crippen LogP contribution in [0.2, 0.25) is 0 Å². The third-order valence-electron chi connectivity index (χ3n) is 3.64. The Kier molecular flexibility index (Phi) is 4.45. The number of hydrogen-bond acceptors (Lipinski definition) is 2. The third-order valence-corrected chi connectivity index (χ3v) is 3.64. The normalized spacial score (nSPS) is 11.2. The standard InChI is InChI=1S/C19H20O3/c1-19(2,3)14-10-8-13(9-11-14)12-17(20)15-6-4-5-7-16(15)18(21)22/h4-11H,12H2,1-3H3,(H,21,22). The smallest absolute Gasteiger partial charge is 0.336 e. The summed E-state index contributed by atoms with van der Waals surface area (Å²) in [7, 11) is 0. The fourth-order valence-corrected chi connectivity index (χ4v) is 2.32. The minimum absolute atomic E-state index is 0.0545. The predicted octanol–water partition coefficient (Wildman–Crippen LogP) is 4.11. The van der Waals surface area contributed by atoms with Crippen LogP contribution in [0.25, 0.3) is 0 Å². The van der Waals surface area contributed by atoms with Crippen LogP contribution in [0.4, 0.5) is 0 Å². The van der Waals surface area contributed by atoms with Gasteiger partial charge in [-0.3, -0.25) is 4.79 Å². The van der Waals surface area contributed by atoms with Gasteiger partial charge in [0.25, 0.3) is 0 Å². The van der Waals surface area contributed by atoms with Gasteiger partial charge in [-0.05, 0) is 22.6 Å². The average molecular weight is 296 g/mol. The molecule has 0 spiro atoms. The fraction of sp³-hybridized carbons (Fsp3) is 0.263. The average Bonchev–Trinajstić information content (AvgIpc) is 2.46. The molecule has 3 heteroatoms. The second kappa shape index (κ2) is 6.14. The molecule has 0 aromatic heterocycles. The van der Waals surface area contributed by atoms with Gasteiger partial charge in [0.05, 0.1) is 5.56 Å². The van der Waals surface area contributed by atoms with E-state index in [9.17, 15) is 9.59 Å². The van der Waals surface area contributed by atoms with Crippen molar-refractivity contribution in [3.8, 4) is 0 Å². The molecule has 0 unspecified atom stereocenters. The quantitative estimate of drug-likeness (QED) is 0.864. The number of rotatable bonds is 4. The molecular weight excluding hydrogens is 276 g/mol. The molecule has 2 aromatic rings. The van der Waals surface area contributed by atoms with Gasteiger partial charge in [0, 0.05) is 12.0 Å². The Labute approximate surface area is 130 Å². The number of hydrogen-bond donors (Lipinski definition) is 1. The molecule has 0 heterocycles. The summed E-state index contributed by atoms with van der Waals surface area (Å²) < 4.78 is 0. The minimum atomic E-state index is -1.08. The first-order chi connectivity index (χ1) is 10.3. The predicted molar refractivity (Wildman–Crippen MR) is 86.6 cm³/mol. The fourth-order valence-electron chi connectivity index (χ4n) is 2.32. The van der Waals surface area contributed by atoms with Gasteiger partial charge in [0.15, 0.2) is 5.78 Å². The van der Waals surface area contributed by atoms with Gasteiger partial charge in [-0.15, -0.1) is 0 Å². The Bertz CT molecular complexity index is 691. The molecule has 3 nitrogen and oxygen atoms in total. The highest BCUT2D eigenvalue weighted by atomic mass is 16.4. The van der Waals surface area contributed by atoms with Crippen molar-refractivity contribution in [2.45, 2.75) is 32.6 Å². The number of Topliss-reactive ketones (excluding diaryl/α,β-unsaturated/α-hetero) is 1. The van der Waals surface area contributed by atoms with Gasteiger partial charge in [0.1, 0.15) is 0 Å². The van der Waals surface area contributed by atoms with Gasteiger partial charge < -0.3 is 5.11 Å². The minimum Gasteiger partial charge on any atom is -0.478 e. The van der Waals surface area contributed by atoms with E-state index in [-0.39, 0.29) is 28.7 Å². The lowest BCUT2D eigenvalue weighted by atomic mass is 9.86. The first kappa shape index (κ1) is 16.0. The highest BCUT2D eigenvalue weighted by Crippen LogP contribution is 2.22. The summed E-state index contributed by atoms with van der Waals surface area (Å²) in [6, 6.07) is 14.2. The van der Waals surface area contributed by atoms with E-state index in [0.29, 0.717) is 0 Å². The zero-order valence-corrected chi connectivity index (χ0v) is 13.1. The molecule has 0 aliphatic heterocycles. The molecule has 114 valence electrons. The van der Waals surface area contributed by atoms with Gasteiger partial charge in [0.2, 0.25) is 0 Å². The molecule has 22 heavy (non-hydrogen) atoms. The zero-order valence-electron chi connectivity index (χ0n) is 13.1. The van der Waals surface area contributed by atoms with Crippen LogP contribution >= 0.6 is 0 Å². The number of benzene rings is 2. The summed E-state index contributed by atoms with van der Waals surface area (Å²) in [5.41, 5.74) is 2.47. The molecule has 0 fully saturated rings. The lowest BCUT2D eigenvalue weighted by molar-refractivity contribution is 0.0692. The number of carbonyl (C=O) groups excluding carboxylic acids is 1. The summed E-state index contributed by atoms with van der Waals surface area (Å²) in [5.74, 6) is -1.26. The summed E-state index contributed by atoms with van der Waals surface area (Å²) in [6.07, 6.45) is 0.203. The van der Waals surface area contributed by atoms with Crippen molar-refractivity contribution in [1.29, 1.82) is 0 Å². The molecule has 2 aromatic carbocycles. The van der Waals surface area contributed by atoms with Crippen LogP contribution in [0, 0.1) is 0 Å². The number of carboxylic acid groups (broad SMARTS) is 1. The summed E-state index contributed by atoms with van der Waals surface area (Å²) in [6.45, 7) is 6.41. The van der Waals surface area contributed by atoms with Crippen molar-refractivity contribution >= 4 is 11.8 Å². The van der Waals surface area contributed by atoms with Crippen molar-refractivity contribution in [3.63, 3.8) is 0 Å². The molecule has 0 aliphatic carbocycles. The van der Waals surface area contributed by atoms with E-state index in [0.717, 1.165) is 5.56 Å². The van der Waals surface area contributed by atoms with Crippen LogP contribution < -0.4 is 0 Å². The number of carboxylic acids is 1. The van der Waals surface area contributed by atoms with Crippen LogP contribution in [0.1, 0.15) is 52.6 Å². The highest BCUT2D eigenvalue weighted by molar-refractivity contribution is 6.06. The van der Waals surface area contributed by atoms with Gasteiger partial charge in [-0.1, -0.05) is 63.2 Å². The second-order valence-corrected chi connectivity index (χ2v) is 6.40. The van der Waals surface area contributed by atoms with E-state index < -0.39 is 5.97 Å². The van der Waals surface area contributed by atoms with Crippen molar-refractivity contribution in [2.75, 3.05) is 0 Å². The zero-order chi connectivity index (χ0) is 16.3. The maximum atomic E-state index is 12.4. The molecule has 2 rings (SSSR count). The Morgan fingerprint density at radius 3 is 1.95 bits per heavy atom. The number of aromatic carboxylic acids is 1. The second-order valence-electron chi connectivity index (χ2n) is 6.40. The number of ketones is 1. The number of carbonyl (C=O) groups is 2. The Balaban J connectivity index is 2.21. The van der Waals surface area contributed by atoms with E-state index in [1.165, 1.54) is 11.6 Å². The largest absolute Gasteiger partial charge is 0.478 e. The lowest BCUT2D eigenvalue weighted by Gasteiger charge is -2.19. The van der Waals surface area contributed by atoms with Crippen molar-refractivity contribution in [2.24, 2.45) is 0 Å². The van der Waals surface area contributed by atoms with Crippen molar-refractivity contribution in [3.05, 3.63) is 70.8 Å². The Morgan fingerprint density at radius 2 is 1.45 bits per heavy atom. The maximum absolute atomic E-state index is 12.4. The molecule has 0 saturated carbocycles. The Morgan fingerprint density at radius 1 is 0.909 bits per heavy atom. The molecule has 0 bridgehead atoms. The lowest BCUT2D eigenvalue weighted by Crippen LogP contribution is -2.12. The highest BCUT2D eigenvalue weighted by Gasteiger charge is 2.17. The monoisotopic (exact) mass is 296 g/mol. The van der Waals surface area contributed by atoms with E-state index in [2.05, 4.69) is 20.8 Å². The van der Waals surface area contributed by atoms with Gasteiger partial charge >= 0.3 is 5.97 Å².